The first-order chi connectivity index (χ1) is 6.76. The fraction of sp³-hybridized carbons (Fsp3) is 0.222. The molecule has 0 fully saturated rings. The third-order valence-corrected chi connectivity index (χ3v) is 1.62. The van der Waals surface area contributed by atoms with Crippen LogP contribution in [0.15, 0.2) is 29.3 Å². The second kappa shape index (κ2) is 5.21. The molecule has 0 bridgehead atoms. The Bertz CT molecular complexity index is 324. The number of nitrogens with one attached hydrogen (secondary N) is 1. The number of guanidine groups is 1. The lowest BCUT2D eigenvalue weighted by Crippen LogP contribution is -2.36. The van der Waals surface area contributed by atoms with E-state index in [4.69, 9.17) is 16.3 Å². The highest BCUT2D eigenvalue weighted by atomic mass is 16.5. The number of nitrogens with two attached hydrogens (primary N) is 2. The van der Waals surface area contributed by atoms with Gasteiger partial charge >= 0.3 is 0 Å². The first kappa shape index (κ1) is 10.5. The average molecular weight is 194 g/mol. The van der Waals surface area contributed by atoms with Crippen LogP contribution in [0.25, 0.3) is 0 Å². The van der Waals surface area contributed by atoms with Crippen molar-refractivity contribution in [1.29, 1.82) is 0 Å². The molecular weight excluding hydrogens is 180 g/mol. The summed E-state index contributed by atoms with van der Waals surface area (Å²) < 4.78 is 4.99. The second-order valence-corrected chi connectivity index (χ2v) is 2.74. The number of hydrazine groups is 1. The van der Waals surface area contributed by atoms with E-state index in [9.17, 15) is 0 Å². The quantitative estimate of drug-likeness (QED) is 0.278. The molecule has 0 radical (unpaired) electrons. The Kier molecular flexibility index (Phi) is 3.90. The van der Waals surface area contributed by atoms with Crippen LogP contribution in [-0.4, -0.2) is 13.1 Å². The summed E-state index contributed by atoms with van der Waals surface area (Å²) in [7, 11) is 1.64. The molecule has 1 aromatic carbocycles. The molecule has 5 nitrogen and oxygen atoms in total. The molecule has 5 N–H and O–H groups in total. The van der Waals surface area contributed by atoms with Gasteiger partial charge in [-0.15, -0.1) is 0 Å². The van der Waals surface area contributed by atoms with Crippen LogP contribution in [-0.2, 0) is 11.3 Å². The minimum atomic E-state index is 0.180. The smallest absolute Gasteiger partial charge is 0.208 e. The average Bonchev–Trinajstić information content (AvgIpc) is 2.19. The van der Waals surface area contributed by atoms with Gasteiger partial charge < -0.3 is 10.5 Å². The number of hydrogen-bond donors (Lipinski definition) is 3. The molecule has 0 heterocycles. The Morgan fingerprint density at radius 2 is 2.36 bits per heavy atom. The normalized spacial score (nSPS) is 11.4. The van der Waals surface area contributed by atoms with Gasteiger partial charge in [-0.05, 0) is 17.7 Å². The second-order valence-electron chi connectivity index (χ2n) is 2.74. The third kappa shape index (κ3) is 3.04. The van der Waals surface area contributed by atoms with Crippen LogP contribution < -0.4 is 17.0 Å². The predicted octanol–water partition coefficient (Wildman–Crippen LogP) is 0.243. The zero-order chi connectivity index (χ0) is 10.4. The maximum absolute atomic E-state index is 5.41. The van der Waals surface area contributed by atoms with Crippen molar-refractivity contribution in [3.05, 3.63) is 29.8 Å². The Morgan fingerprint density at radius 3 is 3.00 bits per heavy atom. The van der Waals surface area contributed by atoms with Gasteiger partial charge in [-0.25, -0.2) is 10.8 Å². The summed E-state index contributed by atoms with van der Waals surface area (Å²) >= 11 is 0. The maximum atomic E-state index is 5.41. The summed E-state index contributed by atoms with van der Waals surface area (Å²) in [4.78, 5) is 4.02. The number of aliphatic imine (C=N–C) groups is 1. The van der Waals surface area contributed by atoms with Crippen LogP contribution in [0.1, 0.15) is 5.56 Å². The molecule has 0 aliphatic rings. The monoisotopic (exact) mass is 194 g/mol. The lowest BCUT2D eigenvalue weighted by atomic mass is 10.2. The Hall–Kier alpha value is -1.59. The van der Waals surface area contributed by atoms with E-state index in [0.717, 1.165) is 11.3 Å². The van der Waals surface area contributed by atoms with Crippen molar-refractivity contribution in [2.75, 3.05) is 7.11 Å². The number of nitrogens with zero attached hydrogens (tertiary/aromatic N) is 1. The lowest BCUT2D eigenvalue weighted by molar-refractivity contribution is 0.185. The topological polar surface area (TPSA) is 85.7 Å². The molecule has 0 aliphatic carbocycles. The first-order valence-corrected chi connectivity index (χ1v) is 4.15. The van der Waals surface area contributed by atoms with Crippen LogP contribution in [0.2, 0.25) is 0 Å². The zero-order valence-corrected chi connectivity index (χ0v) is 8.03. The van der Waals surface area contributed by atoms with Gasteiger partial charge in [0.05, 0.1) is 12.3 Å². The van der Waals surface area contributed by atoms with E-state index in [1.54, 1.807) is 7.11 Å². The van der Waals surface area contributed by atoms with E-state index in [2.05, 4.69) is 10.4 Å². The highest BCUT2D eigenvalue weighted by molar-refractivity contribution is 5.80. The van der Waals surface area contributed by atoms with Gasteiger partial charge in [-0.3, -0.25) is 5.43 Å². The van der Waals surface area contributed by atoms with E-state index in [1.807, 2.05) is 24.3 Å². The van der Waals surface area contributed by atoms with Crippen molar-refractivity contribution >= 4 is 11.6 Å². The van der Waals surface area contributed by atoms with Crippen molar-refractivity contribution in [1.82, 2.24) is 5.43 Å². The number of ether oxygens (including phenoxy) is 1. The van der Waals surface area contributed by atoms with Crippen molar-refractivity contribution < 1.29 is 4.74 Å². The summed E-state index contributed by atoms with van der Waals surface area (Å²) in [6.45, 7) is 0.555. The van der Waals surface area contributed by atoms with Crippen LogP contribution in [0, 0.1) is 0 Å². The summed E-state index contributed by atoms with van der Waals surface area (Å²) in [6.07, 6.45) is 0. The standard InChI is InChI=1S/C9H14N4O/c1-14-6-7-3-2-4-8(5-7)12-9(10)13-11/h2-5H,6,11H2,1H3,(H3,10,12,13). The molecule has 0 saturated heterocycles. The summed E-state index contributed by atoms with van der Waals surface area (Å²) in [5, 5.41) is 0. The molecule has 0 atom stereocenters. The molecule has 76 valence electrons. The van der Waals surface area contributed by atoms with Crippen molar-refractivity contribution in [3.8, 4) is 0 Å². The van der Waals surface area contributed by atoms with E-state index in [0.29, 0.717) is 6.61 Å². The largest absolute Gasteiger partial charge is 0.380 e. The van der Waals surface area contributed by atoms with Gasteiger partial charge in [-0.2, -0.15) is 0 Å². The van der Waals surface area contributed by atoms with Crippen molar-refractivity contribution in [3.63, 3.8) is 0 Å². The zero-order valence-electron chi connectivity index (χ0n) is 8.03. The SMILES string of the molecule is COCc1cccc(N=C(N)NN)c1. The molecular formula is C9H14N4O. The summed E-state index contributed by atoms with van der Waals surface area (Å²) in [6, 6.07) is 7.56. The third-order valence-electron chi connectivity index (χ3n) is 1.62. The van der Waals surface area contributed by atoms with Crippen LogP contribution in [0.5, 0.6) is 0 Å². The van der Waals surface area contributed by atoms with Crippen molar-refractivity contribution in [2.45, 2.75) is 6.61 Å². The van der Waals surface area contributed by atoms with E-state index < -0.39 is 0 Å². The first-order valence-electron chi connectivity index (χ1n) is 4.15. The van der Waals surface area contributed by atoms with Gasteiger partial charge in [-0.1, -0.05) is 12.1 Å². The minimum Gasteiger partial charge on any atom is -0.380 e. The molecule has 1 rings (SSSR count). The Morgan fingerprint density at radius 1 is 1.57 bits per heavy atom. The number of methoxy groups -OCH3 is 1. The molecule has 0 saturated carbocycles. The van der Waals surface area contributed by atoms with E-state index in [1.165, 1.54) is 0 Å². The maximum Gasteiger partial charge on any atom is 0.208 e. The summed E-state index contributed by atoms with van der Waals surface area (Å²) in [5.41, 5.74) is 9.46. The van der Waals surface area contributed by atoms with Gasteiger partial charge in [0.1, 0.15) is 0 Å². The number of benzene rings is 1. The van der Waals surface area contributed by atoms with Gasteiger partial charge in [0, 0.05) is 7.11 Å². The molecule has 5 heteroatoms. The van der Waals surface area contributed by atoms with E-state index >= 15 is 0 Å². The lowest BCUT2D eigenvalue weighted by Gasteiger charge is -2.02. The van der Waals surface area contributed by atoms with Gasteiger partial charge in [0.2, 0.25) is 5.96 Å². The van der Waals surface area contributed by atoms with Crippen LogP contribution in [0.3, 0.4) is 0 Å². The fourth-order valence-electron chi connectivity index (χ4n) is 1.05. The van der Waals surface area contributed by atoms with Gasteiger partial charge in [0.15, 0.2) is 0 Å². The molecule has 14 heavy (non-hydrogen) atoms. The molecule has 0 unspecified atom stereocenters. The number of rotatable bonds is 3. The Balaban J connectivity index is 2.83. The van der Waals surface area contributed by atoms with Crippen LogP contribution >= 0.6 is 0 Å². The highest BCUT2D eigenvalue weighted by Crippen LogP contribution is 2.14. The van der Waals surface area contributed by atoms with Gasteiger partial charge in [0.25, 0.3) is 0 Å². The molecule has 0 aromatic heterocycles. The molecule has 0 aliphatic heterocycles. The molecule has 1 aromatic rings. The molecule has 0 spiro atoms. The fourth-order valence-corrected chi connectivity index (χ4v) is 1.05. The molecule has 0 amide bonds. The minimum absolute atomic E-state index is 0.180. The Labute approximate surface area is 82.7 Å². The van der Waals surface area contributed by atoms with E-state index in [-0.39, 0.29) is 5.96 Å². The number of hydrogen-bond acceptors (Lipinski definition) is 3. The summed E-state index contributed by atoms with van der Waals surface area (Å²) in [5.74, 6) is 5.27. The van der Waals surface area contributed by atoms with Crippen molar-refractivity contribution in [2.24, 2.45) is 16.6 Å². The van der Waals surface area contributed by atoms with Crippen LogP contribution in [0.4, 0.5) is 5.69 Å². The highest BCUT2D eigenvalue weighted by Gasteiger charge is 1.94. The predicted molar refractivity (Wildman–Crippen MR) is 55.8 cm³/mol.